The summed E-state index contributed by atoms with van der Waals surface area (Å²) < 4.78 is 0. The zero-order chi connectivity index (χ0) is 19.1. The minimum atomic E-state index is 0.136. The molecule has 3 aromatic rings. The van der Waals surface area contributed by atoms with Gasteiger partial charge < -0.3 is 9.88 Å². The number of likely N-dealkylation sites (tertiary alicyclic amines) is 1. The summed E-state index contributed by atoms with van der Waals surface area (Å²) in [6.07, 6.45) is 3.25. The molecule has 0 saturated carbocycles. The van der Waals surface area contributed by atoms with Crippen LogP contribution in [-0.2, 0) is 13.0 Å². The van der Waals surface area contributed by atoms with Crippen molar-refractivity contribution in [2.45, 2.75) is 38.8 Å². The number of amides is 1. The number of rotatable bonds is 2. The molecule has 0 unspecified atom stereocenters. The number of hydrogen-bond acceptors (Lipinski definition) is 3. The summed E-state index contributed by atoms with van der Waals surface area (Å²) in [7, 11) is 0. The van der Waals surface area contributed by atoms with E-state index in [-0.39, 0.29) is 5.91 Å². The summed E-state index contributed by atoms with van der Waals surface area (Å²) in [4.78, 5) is 25.2. The molecule has 28 heavy (non-hydrogen) atoms. The Hall–Kier alpha value is -2.66. The Balaban J connectivity index is 1.23. The fourth-order valence-corrected chi connectivity index (χ4v) is 4.72. The van der Waals surface area contributed by atoms with Crippen LogP contribution in [0.2, 0.25) is 0 Å². The van der Waals surface area contributed by atoms with Crippen LogP contribution in [0.4, 0.5) is 0 Å². The highest BCUT2D eigenvalue weighted by molar-refractivity contribution is 5.97. The largest absolute Gasteiger partial charge is 0.342 e. The number of carbonyl (C=O) groups is 1. The number of imidazole rings is 1. The molecule has 0 aliphatic carbocycles. The van der Waals surface area contributed by atoms with Crippen molar-refractivity contribution in [1.82, 2.24) is 19.8 Å². The summed E-state index contributed by atoms with van der Waals surface area (Å²) in [5.74, 6) is 1.01. The molecule has 1 fully saturated rings. The van der Waals surface area contributed by atoms with Gasteiger partial charge in [-0.2, -0.15) is 0 Å². The van der Waals surface area contributed by atoms with Gasteiger partial charge in [0.2, 0.25) is 0 Å². The van der Waals surface area contributed by atoms with Crippen molar-refractivity contribution in [2.24, 2.45) is 0 Å². The van der Waals surface area contributed by atoms with Gasteiger partial charge in [0.1, 0.15) is 5.82 Å². The SMILES string of the molecule is Cc1nc2ccc(C(=O)N3CCC(N4CCc5ccccc5C4)CC3)cc2[nH]1. The molecule has 2 aliphatic rings. The molecule has 5 nitrogen and oxygen atoms in total. The lowest BCUT2D eigenvalue weighted by Crippen LogP contribution is -2.48. The first-order chi connectivity index (χ1) is 13.7. The molecular formula is C23H26N4O. The van der Waals surface area contributed by atoms with E-state index >= 15 is 0 Å². The van der Waals surface area contributed by atoms with Crippen LogP contribution in [0, 0.1) is 6.92 Å². The lowest BCUT2D eigenvalue weighted by molar-refractivity contribution is 0.0599. The van der Waals surface area contributed by atoms with Crippen LogP contribution in [-0.4, -0.2) is 51.4 Å². The lowest BCUT2D eigenvalue weighted by Gasteiger charge is -2.40. The van der Waals surface area contributed by atoms with Crippen LogP contribution in [0.3, 0.4) is 0 Å². The van der Waals surface area contributed by atoms with E-state index in [1.54, 1.807) is 0 Å². The van der Waals surface area contributed by atoms with Gasteiger partial charge in [0.05, 0.1) is 11.0 Å². The average molecular weight is 374 g/mol. The van der Waals surface area contributed by atoms with Gasteiger partial charge in [0, 0.05) is 37.8 Å². The second-order valence-electron chi connectivity index (χ2n) is 8.07. The number of aromatic amines is 1. The molecule has 0 atom stereocenters. The maximum atomic E-state index is 13.0. The molecule has 0 spiro atoms. The fourth-order valence-electron chi connectivity index (χ4n) is 4.72. The van der Waals surface area contributed by atoms with E-state index in [0.717, 1.165) is 67.9 Å². The number of aryl methyl sites for hydroxylation is 1. The number of hydrogen-bond donors (Lipinski definition) is 1. The molecule has 1 saturated heterocycles. The number of nitrogens with one attached hydrogen (secondary N) is 1. The van der Waals surface area contributed by atoms with Crippen molar-refractivity contribution in [3.05, 3.63) is 65.0 Å². The van der Waals surface area contributed by atoms with Crippen molar-refractivity contribution in [3.8, 4) is 0 Å². The second kappa shape index (κ2) is 7.06. The van der Waals surface area contributed by atoms with E-state index in [1.165, 1.54) is 11.1 Å². The van der Waals surface area contributed by atoms with Gasteiger partial charge in [-0.15, -0.1) is 0 Å². The van der Waals surface area contributed by atoms with Crippen LogP contribution in [0.25, 0.3) is 11.0 Å². The maximum absolute atomic E-state index is 13.0. The number of fused-ring (bicyclic) bond motifs is 2. The zero-order valence-corrected chi connectivity index (χ0v) is 16.3. The summed E-state index contributed by atoms with van der Waals surface area (Å²) in [6, 6.07) is 15.1. The molecule has 5 heteroatoms. The van der Waals surface area contributed by atoms with Crippen molar-refractivity contribution >= 4 is 16.9 Å². The summed E-state index contributed by atoms with van der Waals surface area (Å²) >= 11 is 0. The van der Waals surface area contributed by atoms with Crippen molar-refractivity contribution in [3.63, 3.8) is 0 Å². The Morgan fingerprint density at radius 1 is 1.07 bits per heavy atom. The molecular weight excluding hydrogens is 348 g/mol. The third-order valence-electron chi connectivity index (χ3n) is 6.28. The first-order valence-corrected chi connectivity index (χ1v) is 10.2. The van der Waals surface area contributed by atoms with E-state index in [1.807, 2.05) is 30.0 Å². The minimum Gasteiger partial charge on any atom is -0.342 e. The van der Waals surface area contributed by atoms with Crippen LogP contribution >= 0.6 is 0 Å². The predicted molar refractivity (Wildman–Crippen MR) is 110 cm³/mol. The van der Waals surface area contributed by atoms with E-state index in [0.29, 0.717) is 6.04 Å². The Kier molecular flexibility index (Phi) is 4.40. The third kappa shape index (κ3) is 3.20. The Morgan fingerprint density at radius 2 is 1.86 bits per heavy atom. The number of benzene rings is 2. The number of carbonyl (C=O) groups excluding carboxylic acids is 1. The Labute approximate surface area is 165 Å². The first kappa shape index (κ1) is 17.4. The number of aromatic nitrogens is 2. The molecule has 0 bridgehead atoms. The van der Waals surface area contributed by atoms with Gasteiger partial charge in [-0.1, -0.05) is 24.3 Å². The average Bonchev–Trinajstić information content (AvgIpc) is 3.12. The standard InChI is InChI=1S/C23H26N4O/c1-16-24-21-7-6-18(14-22(21)25-16)23(28)26-12-9-20(10-13-26)27-11-8-17-4-2-3-5-19(17)15-27/h2-7,14,20H,8-13,15H2,1H3,(H,24,25). The maximum Gasteiger partial charge on any atom is 0.253 e. The summed E-state index contributed by atoms with van der Waals surface area (Å²) in [6.45, 7) is 5.78. The smallest absolute Gasteiger partial charge is 0.253 e. The van der Waals surface area contributed by atoms with Crippen LogP contribution in [0.5, 0.6) is 0 Å². The quantitative estimate of drug-likeness (QED) is 0.747. The molecule has 1 N–H and O–H groups in total. The third-order valence-corrected chi connectivity index (χ3v) is 6.28. The Morgan fingerprint density at radius 3 is 2.68 bits per heavy atom. The first-order valence-electron chi connectivity index (χ1n) is 10.2. The second-order valence-corrected chi connectivity index (χ2v) is 8.07. The van der Waals surface area contributed by atoms with E-state index in [2.05, 4.69) is 39.1 Å². The van der Waals surface area contributed by atoms with Crippen molar-refractivity contribution in [2.75, 3.05) is 19.6 Å². The summed E-state index contributed by atoms with van der Waals surface area (Å²) in [5, 5.41) is 0. The molecule has 3 heterocycles. The molecule has 0 radical (unpaired) electrons. The number of nitrogens with zero attached hydrogens (tertiary/aromatic N) is 3. The molecule has 1 amide bonds. The van der Waals surface area contributed by atoms with Gasteiger partial charge in [-0.25, -0.2) is 4.98 Å². The molecule has 1 aromatic heterocycles. The molecule has 2 aliphatic heterocycles. The fraction of sp³-hybridized carbons (Fsp3) is 0.391. The predicted octanol–water partition coefficient (Wildman–Crippen LogP) is 3.53. The molecule has 144 valence electrons. The van der Waals surface area contributed by atoms with Gasteiger partial charge in [-0.05, 0) is 55.5 Å². The number of H-pyrrole nitrogens is 1. The van der Waals surface area contributed by atoms with Crippen molar-refractivity contribution < 1.29 is 4.79 Å². The topological polar surface area (TPSA) is 52.2 Å². The highest BCUT2D eigenvalue weighted by Crippen LogP contribution is 2.26. The van der Waals surface area contributed by atoms with Gasteiger partial charge >= 0.3 is 0 Å². The van der Waals surface area contributed by atoms with Gasteiger partial charge in [0.25, 0.3) is 5.91 Å². The van der Waals surface area contributed by atoms with Crippen LogP contribution < -0.4 is 0 Å². The molecule has 5 rings (SSSR count). The van der Waals surface area contributed by atoms with Crippen molar-refractivity contribution in [1.29, 1.82) is 0 Å². The highest BCUT2D eigenvalue weighted by Gasteiger charge is 2.29. The van der Waals surface area contributed by atoms with E-state index in [9.17, 15) is 4.79 Å². The molecule has 2 aromatic carbocycles. The Bertz CT molecular complexity index is 1020. The summed E-state index contributed by atoms with van der Waals surface area (Å²) in [5.41, 5.74) is 5.57. The van der Waals surface area contributed by atoms with Gasteiger partial charge in [0.15, 0.2) is 0 Å². The number of piperidine rings is 1. The van der Waals surface area contributed by atoms with Crippen LogP contribution in [0.15, 0.2) is 42.5 Å². The van der Waals surface area contributed by atoms with E-state index in [4.69, 9.17) is 0 Å². The van der Waals surface area contributed by atoms with Crippen LogP contribution in [0.1, 0.15) is 40.2 Å². The lowest BCUT2D eigenvalue weighted by atomic mass is 9.95. The zero-order valence-electron chi connectivity index (χ0n) is 16.3. The minimum absolute atomic E-state index is 0.136. The normalized spacial score (nSPS) is 18.4. The highest BCUT2D eigenvalue weighted by atomic mass is 16.2. The van der Waals surface area contributed by atoms with Gasteiger partial charge in [-0.3, -0.25) is 9.69 Å². The van der Waals surface area contributed by atoms with E-state index < -0.39 is 0 Å². The monoisotopic (exact) mass is 374 g/mol.